The van der Waals surface area contributed by atoms with Crippen LogP contribution in [-0.4, -0.2) is 51.1 Å². The molecule has 5 nitrogen and oxygen atoms in total. The quantitative estimate of drug-likeness (QED) is 0.608. The van der Waals surface area contributed by atoms with E-state index >= 15 is 0 Å². The summed E-state index contributed by atoms with van der Waals surface area (Å²) >= 11 is 0. The van der Waals surface area contributed by atoms with E-state index in [2.05, 4.69) is 10.1 Å². The van der Waals surface area contributed by atoms with Gasteiger partial charge < -0.3 is 19.5 Å². The van der Waals surface area contributed by atoms with Crippen molar-refractivity contribution < 1.29 is 19.0 Å². The maximum atomic E-state index is 11.2. The predicted molar refractivity (Wildman–Crippen MR) is 52.5 cm³/mol. The van der Waals surface area contributed by atoms with Crippen LogP contribution in [0.1, 0.15) is 12.8 Å². The van der Waals surface area contributed by atoms with Crippen LogP contribution in [0.25, 0.3) is 0 Å². The summed E-state index contributed by atoms with van der Waals surface area (Å²) in [6.45, 7) is 2.63. The van der Waals surface area contributed by atoms with Crippen LogP contribution in [0.15, 0.2) is 0 Å². The fraction of sp³-hybridized carbons (Fsp3) is 0.900. The van der Waals surface area contributed by atoms with Crippen LogP contribution in [0.3, 0.4) is 0 Å². The normalized spacial score (nSPS) is 30.1. The van der Waals surface area contributed by atoms with Crippen molar-refractivity contribution in [1.29, 1.82) is 0 Å². The molecule has 2 rings (SSSR count). The Morgan fingerprint density at radius 2 is 2.20 bits per heavy atom. The van der Waals surface area contributed by atoms with Crippen LogP contribution >= 0.6 is 0 Å². The van der Waals surface area contributed by atoms with Crippen molar-refractivity contribution in [2.24, 2.45) is 0 Å². The first-order valence-corrected chi connectivity index (χ1v) is 5.28. The van der Waals surface area contributed by atoms with Gasteiger partial charge in [-0.3, -0.25) is 0 Å². The van der Waals surface area contributed by atoms with Crippen LogP contribution in [0.5, 0.6) is 0 Å². The van der Waals surface area contributed by atoms with Crippen molar-refractivity contribution >= 4 is 5.97 Å². The molecule has 0 amide bonds. The van der Waals surface area contributed by atoms with Gasteiger partial charge in [-0.1, -0.05) is 0 Å². The molecular weight excluding hydrogens is 198 g/mol. The summed E-state index contributed by atoms with van der Waals surface area (Å²) in [5, 5.41) is 3.39. The second-order valence-electron chi connectivity index (χ2n) is 4.10. The largest absolute Gasteiger partial charge is 0.467 e. The zero-order valence-electron chi connectivity index (χ0n) is 8.95. The van der Waals surface area contributed by atoms with Gasteiger partial charge in [0, 0.05) is 25.3 Å². The minimum Gasteiger partial charge on any atom is -0.467 e. The number of carbonyl (C=O) groups is 1. The number of morpholine rings is 1. The molecule has 1 spiro atoms. The number of ether oxygens (including phenoxy) is 3. The van der Waals surface area contributed by atoms with Gasteiger partial charge in [0.05, 0.1) is 13.7 Å². The van der Waals surface area contributed by atoms with Crippen molar-refractivity contribution in [2.75, 3.05) is 33.5 Å². The standard InChI is InChI=1S/C10H17NO4/c1-13-9(12)8-6-11-10(7-15-8)2-4-14-5-3-10/h8,11H,2-7H2,1H3. The number of methoxy groups -OCH3 is 1. The SMILES string of the molecule is COC(=O)C1CNC2(CCOCC2)CO1. The highest BCUT2D eigenvalue weighted by Crippen LogP contribution is 2.24. The molecule has 2 saturated heterocycles. The number of esters is 1. The average Bonchev–Trinajstić information content (AvgIpc) is 2.30. The molecule has 0 saturated carbocycles. The van der Waals surface area contributed by atoms with E-state index in [9.17, 15) is 4.79 Å². The summed E-state index contributed by atoms with van der Waals surface area (Å²) in [6, 6.07) is 0. The van der Waals surface area contributed by atoms with E-state index in [0.717, 1.165) is 26.1 Å². The molecule has 5 heteroatoms. The summed E-state index contributed by atoms with van der Waals surface area (Å²) < 4.78 is 15.5. The van der Waals surface area contributed by atoms with Crippen molar-refractivity contribution in [3.05, 3.63) is 0 Å². The van der Waals surface area contributed by atoms with Gasteiger partial charge in [0.15, 0.2) is 6.10 Å². The van der Waals surface area contributed by atoms with E-state index in [-0.39, 0.29) is 11.5 Å². The lowest BCUT2D eigenvalue weighted by Gasteiger charge is -2.42. The summed E-state index contributed by atoms with van der Waals surface area (Å²) in [6.07, 6.45) is 1.44. The molecule has 0 aromatic rings. The predicted octanol–water partition coefficient (Wildman–Crippen LogP) is -0.303. The average molecular weight is 215 g/mol. The summed E-state index contributed by atoms with van der Waals surface area (Å²) in [7, 11) is 1.38. The molecule has 0 radical (unpaired) electrons. The van der Waals surface area contributed by atoms with Gasteiger partial charge in [0.2, 0.25) is 0 Å². The molecule has 0 aromatic carbocycles. The first-order chi connectivity index (χ1) is 7.26. The lowest BCUT2D eigenvalue weighted by Crippen LogP contribution is -2.60. The van der Waals surface area contributed by atoms with E-state index in [1.807, 2.05) is 0 Å². The van der Waals surface area contributed by atoms with Gasteiger partial charge >= 0.3 is 5.97 Å². The number of nitrogens with one attached hydrogen (secondary N) is 1. The Balaban J connectivity index is 1.88. The van der Waals surface area contributed by atoms with Crippen molar-refractivity contribution in [2.45, 2.75) is 24.5 Å². The second-order valence-corrected chi connectivity index (χ2v) is 4.10. The molecule has 0 aliphatic carbocycles. The van der Waals surface area contributed by atoms with Crippen molar-refractivity contribution in [3.63, 3.8) is 0 Å². The van der Waals surface area contributed by atoms with Crippen LogP contribution in [0, 0.1) is 0 Å². The molecule has 86 valence electrons. The Kier molecular flexibility index (Phi) is 3.23. The molecule has 2 aliphatic heterocycles. The van der Waals surface area contributed by atoms with Gasteiger partial charge in [-0.25, -0.2) is 4.79 Å². The molecule has 0 aromatic heterocycles. The molecule has 1 atom stereocenters. The van der Waals surface area contributed by atoms with E-state index in [0.29, 0.717) is 13.2 Å². The minimum absolute atomic E-state index is 0.0166. The number of hydrogen-bond acceptors (Lipinski definition) is 5. The van der Waals surface area contributed by atoms with E-state index in [4.69, 9.17) is 9.47 Å². The van der Waals surface area contributed by atoms with Crippen LogP contribution in [0.2, 0.25) is 0 Å². The molecule has 1 unspecified atom stereocenters. The van der Waals surface area contributed by atoms with Crippen molar-refractivity contribution in [1.82, 2.24) is 5.32 Å². The first kappa shape index (κ1) is 10.9. The summed E-state index contributed by atoms with van der Waals surface area (Å²) in [4.78, 5) is 11.2. The molecular formula is C10H17NO4. The third-order valence-corrected chi connectivity index (χ3v) is 3.14. The minimum atomic E-state index is -0.455. The summed E-state index contributed by atoms with van der Waals surface area (Å²) in [5.41, 5.74) is 0.0166. The van der Waals surface area contributed by atoms with Crippen LogP contribution in [-0.2, 0) is 19.0 Å². The molecule has 1 N–H and O–H groups in total. The monoisotopic (exact) mass is 215 g/mol. The highest BCUT2D eigenvalue weighted by Gasteiger charge is 2.39. The van der Waals surface area contributed by atoms with Gasteiger partial charge in [-0.05, 0) is 12.8 Å². The zero-order chi connectivity index (χ0) is 10.7. The molecule has 0 bridgehead atoms. The third kappa shape index (κ3) is 2.30. The van der Waals surface area contributed by atoms with Gasteiger partial charge in [0.25, 0.3) is 0 Å². The van der Waals surface area contributed by atoms with Crippen molar-refractivity contribution in [3.8, 4) is 0 Å². The van der Waals surface area contributed by atoms with Gasteiger partial charge in [0.1, 0.15) is 0 Å². The van der Waals surface area contributed by atoms with E-state index in [1.54, 1.807) is 0 Å². The van der Waals surface area contributed by atoms with Crippen LogP contribution in [0.4, 0.5) is 0 Å². The lowest BCUT2D eigenvalue weighted by molar-refractivity contribution is -0.161. The fourth-order valence-electron chi connectivity index (χ4n) is 2.05. The van der Waals surface area contributed by atoms with E-state index < -0.39 is 6.10 Å². The topological polar surface area (TPSA) is 56.8 Å². The maximum absolute atomic E-state index is 11.2. The van der Waals surface area contributed by atoms with E-state index in [1.165, 1.54) is 7.11 Å². The highest BCUT2D eigenvalue weighted by atomic mass is 16.6. The Bertz CT molecular complexity index is 228. The number of carbonyl (C=O) groups excluding carboxylic acids is 1. The Hall–Kier alpha value is -0.650. The maximum Gasteiger partial charge on any atom is 0.336 e. The Labute approximate surface area is 89.1 Å². The molecule has 2 fully saturated rings. The summed E-state index contributed by atoms with van der Waals surface area (Å²) in [5.74, 6) is -0.301. The smallest absolute Gasteiger partial charge is 0.336 e. The highest BCUT2D eigenvalue weighted by molar-refractivity contribution is 5.75. The lowest BCUT2D eigenvalue weighted by atomic mass is 9.89. The Morgan fingerprint density at radius 3 is 2.73 bits per heavy atom. The zero-order valence-corrected chi connectivity index (χ0v) is 8.95. The molecule has 2 aliphatic rings. The third-order valence-electron chi connectivity index (χ3n) is 3.14. The number of hydrogen-bond donors (Lipinski definition) is 1. The number of rotatable bonds is 1. The second kappa shape index (κ2) is 4.47. The molecule has 2 heterocycles. The Morgan fingerprint density at radius 1 is 1.47 bits per heavy atom. The van der Waals surface area contributed by atoms with Gasteiger partial charge in [-0.2, -0.15) is 0 Å². The van der Waals surface area contributed by atoms with Gasteiger partial charge in [-0.15, -0.1) is 0 Å². The first-order valence-electron chi connectivity index (χ1n) is 5.28. The fourth-order valence-corrected chi connectivity index (χ4v) is 2.05. The van der Waals surface area contributed by atoms with Crippen LogP contribution < -0.4 is 5.32 Å². The molecule has 15 heavy (non-hydrogen) atoms.